The summed E-state index contributed by atoms with van der Waals surface area (Å²) in [5.41, 5.74) is 0.389. The molecule has 1 rings (SSSR count). The smallest absolute Gasteiger partial charge is 0.323 e. The number of thiocarbonyl (C=S) groups is 1. The third-order valence-electron chi connectivity index (χ3n) is 1.97. The lowest BCUT2D eigenvalue weighted by molar-refractivity contribution is -0.142. The highest BCUT2D eigenvalue weighted by atomic mass is 32.1. The SMILES string of the molecule is CN(CC(=O)O)C(=O)C1=CCCNC1=S. The molecule has 0 unspecified atom stereocenters. The van der Waals surface area contributed by atoms with E-state index in [9.17, 15) is 9.59 Å². The van der Waals surface area contributed by atoms with Gasteiger partial charge in [0, 0.05) is 13.6 Å². The Morgan fingerprint density at radius 3 is 2.87 bits per heavy atom. The summed E-state index contributed by atoms with van der Waals surface area (Å²) in [5, 5.41) is 11.4. The molecule has 1 heterocycles. The summed E-state index contributed by atoms with van der Waals surface area (Å²) in [6.45, 7) is 0.400. The monoisotopic (exact) mass is 228 g/mol. The van der Waals surface area contributed by atoms with Gasteiger partial charge in [0.15, 0.2) is 0 Å². The van der Waals surface area contributed by atoms with Gasteiger partial charge in [0.1, 0.15) is 11.5 Å². The first-order chi connectivity index (χ1) is 7.02. The van der Waals surface area contributed by atoms with Crippen LogP contribution in [-0.2, 0) is 9.59 Å². The van der Waals surface area contributed by atoms with Crippen LogP contribution in [0.25, 0.3) is 0 Å². The Labute approximate surface area is 92.7 Å². The molecule has 0 aliphatic carbocycles. The minimum atomic E-state index is -1.04. The van der Waals surface area contributed by atoms with Gasteiger partial charge in [-0.2, -0.15) is 0 Å². The number of hydrogen-bond donors (Lipinski definition) is 2. The minimum absolute atomic E-state index is 0.321. The Hall–Kier alpha value is -1.43. The van der Waals surface area contributed by atoms with Crippen LogP contribution in [0, 0.1) is 0 Å². The third kappa shape index (κ3) is 3.02. The van der Waals surface area contributed by atoms with Crippen molar-refractivity contribution in [3.05, 3.63) is 11.6 Å². The van der Waals surface area contributed by atoms with Gasteiger partial charge < -0.3 is 15.3 Å². The second kappa shape index (κ2) is 4.88. The van der Waals surface area contributed by atoms with Gasteiger partial charge in [-0.25, -0.2) is 0 Å². The Morgan fingerprint density at radius 1 is 1.67 bits per heavy atom. The van der Waals surface area contributed by atoms with Crippen molar-refractivity contribution in [2.75, 3.05) is 20.1 Å². The Balaban J connectivity index is 2.71. The predicted octanol–water partition coefficient (Wildman–Crippen LogP) is -0.223. The number of amides is 1. The lowest BCUT2D eigenvalue weighted by Crippen LogP contribution is -2.39. The zero-order chi connectivity index (χ0) is 11.4. The predicted molar refractivity (Wildman–Crippen MR) is 58.6 cm³/mol. The fourth-order valence-corrected chi connectivity index (χ4v) is 1.53. The van der Waals surface area contributed by atoms with Gasteiger partial charge in [-0.15, -0.1) is 0 Å². The lowest BCUT2D eigenvalue weighted by Gasteiger charge is -2.20. The van der Waals surface area contributed by atoms with E-state index in [-0.39, 0.29) is 12.5 Å². The molecule has 1 amide bonds. The number of aliphatic carboxylic acids is 1. The minimum Gasteiger partial charge on any atom is -0.480 e. The van der Waals surface area contributed by atoms with Crippen molar-refractivity contribution in [2.24, 2.45) is 0 Å². The fourth-order valence-electron chi connectivity index (χ4n) is 1.25. The van der Waals surface area contributed by atoms with Crippen molar-refractivity contribution in [3.8, 4) is 0 Å². The number of nitrogens with one attached hydrogen (secondary N) is 1. The van der Waals surface area contributed by atoms with Gasteiger partial charge in [-0.3, -0.25) is 9.59 Å². The summed E-state index contributed by atoms with van der Waals surface area (Å²) in [4.78, 5) is 23.7. The fraction of sp³-hybridized carbons (Fsp3) is 0.444. The first-order valence-electron chi connectivity index (χ1n) is 4.48. The highest BCUT2D eigenvalue weighted by Gasteiger charge is 2.21. The van der Waals surface area contributed by atoms with Crippen molar-refractivity contribution in [3.63, 3.8) is 0 Å². The van der Waals surface area contributed by atoms with E-state index in [2.05, 4.69) is 5.32 Å². The largest absolute Gasteiger partial charge is 0.480 e. The lowest BCUT2D eigenvalue weighted by atomic mass is 10.1. The number of carboxylic acids is 1. The molecule has 1 aliphatic heterocycles. The van der Waals surface area contributed by atoms with E-state index in [1.165, 1.54) is 7.05 Å². The molecular formula is C9H12N2O3S. The topological polar surface area (TPSA) is 69.6 Å². The van der Waals surface area contributed by atoms with E-state index >= 15 is 0 Å². The molecule has 0 aromatic carbocycles. The first-order valence-corrected chi connectivity index (χ1v) is 4.89. The maximum Gasteiger partial charge on any atom is 0.323 e. The van der Waals surface area contributed by atoms with Gasteiger partial charge in [0.25, 0.3) is 5.91 Å². The zero-order valence-corrected chi connectivity index (χ0v) is 9.13. The molecule has 2 N–H and O–H groups in total. The quantitative estimate of drug-likeness (QED) is 0.653. The Morgan fingerprint density at radius 2 is 2.33 bits per heavy atom. The normalized spacial score (nSPS) is 15.3. The van der Waals surface area contributed by atoms with Crippen molar-refractivity contribution in [2.45, 2.75) is 6.42 Å². The number of carbonyl (C=O) groups is 2. The van der Waals surface area contributed by atoms with Gasteiger partial charge in [0.2, 0.25) is 0 Å². The summed E-state index contributed by atoms with van der Waals surface area (Å²) < 4.78 is 0. The number of rotatable bonds is 3. The van der Waals surface area contributed by atoms with Crippen LogP contribution in [0.3, 0.4) is 0 Å². The van der Waals surface area contributed by atoms with Crippen LogP contribution < -0.4 is 5.32 Å². The number of nitrogens with zero attached hydrogens (tertiary/aromatic N) is 1. The van der Waals surface area contributed by atoms with E-state index in [1.54, 1.807) is 6.08 Å². The standard InChI is InChI=1S/C9H12N2O3S/c1-11(5-7(12)13)9(14)6-3-2-4-10-8(6)15/h3H,2,4-5H2,1H3,(H,10,15)(H,12,13). The highest BCUT2D eigenvalue weighted by molar-refractivity contribution is 7.80. The van der Waals surface area contributed by atoms with E-state index in [0.29, 0.717) is 10.6 Å². The molecular weight excluding hydrogens is 216 g/mol. The number of carboxylic acid groups (broad SMARTS) is 1. The average Bonchev–Trinajstić information content (AvgIpc) is 2.16. The summed E-state index contributed by atoms with van der Waals surface area (Å²) in [5.74, 6) is -1.39. The van der Waals surface area contributed by atoms with Crippen LogP contribution in [0.1, 0.15) is 6.42 Å². The molecule has 1 aliphatic rings. The maximum atomic E-state index is 11.7. The average molecular weight is 228 g/mol. The van der Waals surface area contributed by atoms with E-state index in [1.807, 2.05) is 0 Å². The molecule has 5 nitrogen and oxygen atoms in total. The first kappa shape index (κ1) is 11.6. The molecule has 0 radical (unpaired) electrons. The van der Waals surface area contributed by atoms with Crippen LogP contribution >= 0.6 is 12.2 Å². The molecule has 0 saturated carbocycles. The van der Waals surface area contributed by atoms with Crippen molar-refractivity contribution in [1.82, 2.24) is 10.2 Å². The van der Waals surface area contributed by atoms with Crippen LogP contribution in [0.5, 0.6) is 0 Å². The maximum absolute atomic E-state index is 11.7. The molecule has 82 valence electrons. The zero-order valence-electron chi connectivity index (χ0n) is 8.32. The van der Waals surface area contributed by atoms with Crippen LogP contribution in [0.4, 0.5) is 0 Å². The van der Waals surface area contributed by atoms with Crippen molar-refractivity contribution < 1.29 is 14.7 Å². The van der Waals surface area contributed by atoms with E-state index in [0.717, 1.165) is 17.9 Å². The van der Waals surface area contributed by atoms with Crippen LogP contribution in [0.2, 0.25) is 0 Å². The van der Waals surface area contributed by atoms with E-state index in [4.69, 9.17) is 17.3 Å². The summed E-state index contributed by atoms with van der Waals surface area (Å²) in [7, 11) is 1.44. The molecule has 0 aromatic heterocycles. The number of carbonyl (C=O) groups excluding carboxylic acids is 1. The summed E-state index contributed by atoms with van der Waals surface area (Å²) >= 11 is 4.96. The molecule has 0 saturated heterocycles. The molecule has 15 heavy (non-hydrogen) atoms. The second-order valence-corrected chi connectivity index (χ2v) is 3.63. The molecule has 0 spiro atoms. The molecule has 0 fully saturated rings. The molecule has 0 aromatic rings. The third-order valence-corrected chi connectivity index (χ3v) is 2.34. The van der Waals surface area contributed by atoms with Crippen molar-refractivity contribution >= 4 is 29.1 Å². The molecule has 0 bridgehead atoms. The molecule has 0 atom stereocenters. The Bertz CT molecular complexity index is 338. The summed E-state index contributed by atoms with van der Waals surface area (Å²) in [6.07, 6.45) is 2.46. The molecule has 6 heteroatoms. The van der Waals surface area contributed by atoms with Gasteiger partial charge in [0.05, 0.1) is 5.57 Å². The number of hydrogen-bond acceptors (Lipinski definition) is 3. The second-order valence-electron chi connectivity index (χ2n) is 3.22. The van der Waals surface area contributed by atoms with Gasteiger partial charge >= 0.3 is 5.97 Å². The number of likely N-dealkylation sites (N-methyl/N-ethyl adjacent to an activating group) is 1. The van der Waals surface area contributed by atoms with Crippen LogP contribution in [-0.4, -0.2) is 47.0 Å². The Kier molecular flexibility index (Phi) is 3.79. The van der Waals surface area contributed by atoms with Crippen molar-refractivity contribution in [1.29, 1.82) is 0 Å². The highest BCUT2D eigenvalue weighted by Crippen LogP contribution is 2.07. The van der Waals surface area contributed by atoms with E-state index < -0.39 is 5.97 Å². The van der Waals surface area contributed by atoms with Crippen LogP contribution in [0.15, 0.2) is 11.6 Å². The van der Waals surface area contributed by atoms with Gasteiger partial charge in [-0.05, 0) is 6.42 Å². The van der Waals surface area contributed by atoms with Gasteiger partial charge in [-0.1, -0.05) is 18.3 Å². The summed E-state index contributed by atoms with van der Waals surface area (Å²) in [6, 6.07) is 0.